The first-order chi connectivity index (χ1) is 15.7. The van der Waals surface area contributed by atoms with Crippen LogP contribution in [0.4, 0.5) is 0 Å². The second-order valence-electron chi connectivity index (χ2n) is 10.6. The standard InChI is InChI=1S/C28H34N2O3/c1-27(2,3)23-15-17-28(18-16-23)29-24(14-11-20-7-5-4-6-8-20)25(31)30(28)19-21-9-12-22(13-10-21)26(32)33/h4-10,12-13,23H,11,14-19H2,1-3H3,(H,32,33). The summed E-state index contributed by atoms with van der Waals surface area (Å²) in [6, 6.07) is 17.1. The van der Waals surface area contributed by atoms with Gasteiger partial charge in [0.05, 0.1) is 5.56 Å². The average molecular weight is 447 g/mol. The summed E-state index contributed by atoms with van der Waals surface area (Å²) in [6.45, 7) is 7.35. The van der Waals surface area contributed by atoms with E-state index >= 15 is 0 Å². The lowest BCUT2D eigenvalue weighted by molar-refractivity contribution is -0.130. The summed E-state index contributed by atoms with van der Waals surface area (Å²) in [5, 5.41) is 9.20. The van der Waals surface area contributed by atoms with Gasteiger partial charge in [0.1, 0.15) is 11.4 Å². The van der Waals surface area contributed by atoms with Gasteiger partial charge in [-0.15, -0.1) is 0 Å². The Labute approximate surface area is 196 Å². The van der Waals surface area contributed by atoms with Crippen molar-refractivity contribution >= 4 is 17.6 Å². The molecule has 1 aliphatic carbocycles. The first-order valence-electron chi connectivity index (χ1n) is 11.9. The lowest BCUT2D eigenvalue weighted by atomic mass is 9.69. The largest absolute Gasteiger partial charge is 0.478 e. The molecule has 174 valence electrons. The summed E-state index contributed by atoms with van der Waals surface area (Å²) in [5.41, 5.74) is 2.85. The zero-order valence-electron chi connectivity index (χ0n) is 19.9. The predicted octanol–water partition coefficient (Wildman–Crippen LogP) is 5.73. The van der Waals surface area contributed by atoms with Gasteiger partial charge >= 0.3 is 5.97 Å². The molecule has 1 saturated carbocycles. The number of aromatic carboxylic acids is 1. The molecule has 1 fully saturated rings. The molecule has 0 radical (unpaired) electrons. The molecule has 0 atom stereocenters. The highest BCUT2D eigenvalue weighted by atomic mass is 16.4. The van der Waals surface area contributed by atoms with Crippen LogP contribution >= 0.6 is 0 Å². The van der Waals surface area contributed by atoms with E-state index in [0.717, 1.165) is 37.7 Å². The third-order valence-corrected chi connectivity index (χ3v) is 7.38. The van der Waals surface area contributed by atoms with E-state index < -0.39 is 11.6 Å². The van der Waals surface area contributed by atoms with Crippen LogP contribution in [0.1, 0.15) is 74.4 Å². The van der Waals surface area contributed by atoms with Gasteiger partial charge in [-0.25, -0.2) is 4.79 Å². The van der Waals surface area contributed by atoms with Crippen LogP contribution in [0, 0.1) is 11.3 Å². The van der Waals surface area contributed by atoms with Crippen molar-refractivity contribution in [2.24, 2.45) is 16.3 Å². The Bertz CT molecular complexity index is 1030. The molecule has 0 aromatic heterocycles. The number of hydrogen-bond acceptors (Lipinski definition) is 3. The zero-order valence-corrected chi connectivity index (χ0v) is 19.9. The summed E-state index contributed by atoms with van der Waals surface area (Å²) < 4.78 is 0. The van der Waals surface area contributed by atoms with Crippen molar-refractivity contribution in [1.29, 1.82) is 0 Å². The first-order valence-corrected chi connectivity index (χ1v) is 11.9. The lowest BCUT2D eigenvalue weighted by Crippen LogP contribution is -2.49. The van der Waals surface area contributed by atoms with Gasteiger partial charge in [-0.1, -0.05) is 63.2 Å². The highest BCUT2D eigenvalue weighted by Crippen LogP contribution is 2.46. The SMILES string of the molecule is CC(C)(C)C1CCC2(CC1)N=C(CCc1ccccc1)C(=O)N2Cc1ccc(C(=O)O)cc1. The number of aryl methyl sites for hydroxylation is 1. The number of rotatable bonds is 6. The summed E-state index contributed by atoms with van der Waals surface area (Å²) in [5.74, 6) is -0.289. The van der Waals surface area contributed by atoms with Gasteiger partial charge in [-0.2, -0.15) is 0 Å². The number of nitrogens with zero attached hydrogens (tertiary/aromatic N) is 2. The van der Waals surface area contributed by atoms with E-state index in [9.17, 15) is 14.7 Å². The fraction of sp³-hybridized carbons (Fsp3) is 0.464. The first kappa shape index (κ1) is 23.2. The fourth-order valence-corrected chi connectivity index (χ4v) is 5.26. The topological polar surface area (TPSA) is 70.0 Å². The van der Waals surface area contributed by atoms with Crippen LogP contribution < -0.4 is 0 Å². The van der Waals surface area contributed by atoms with Crippen molar-refractivity contribution in [1.82, 2.24) is 4.90 Å². The van der Waals surface area contributed by atoms with Gasteiger partial charge < -0.3 is 10.0 Å². The number of carboxylic acid groups (broad SMARTS) is 1. The van der Waals surface area contributed by atoms with Crippen LogP contribution in [0.5, 0.6) is 0 Å². The number of carboxylic acids is 1. The number of hydrogen-bond donors (Lipinski definition) is 1. The number of benzene rings is 2. The van der Waals surface area contributed by atoms with E-state index in [0.29, 0.717) is 24.6 Å². The molecule has 1 aliphatic heterocycles. The van der Waals surface area contributed by atoms with Crippen molar-refractivity contribution in [2.45, 2.75) is 71.5 Å². The fourth-order valence-electron chi connectivity index (χ4n) is 5.26. The lowest BCUT2D eigenvalue weighted by Gasteiger charge is -2.45. The molecule has 2 aliphatic rings. The van der Waals surface area contributed by atoms with Gasteiger partial charge in [0.15, 0.2) is 0 Å². The molecule has 5 nitrogen and oxygen atoms in total. The minimum atomic E-state index is -0.942. The van der Waals surface area contributed by atoms with Crippen molar-refractivity contribution in [3.63, 3.8) is 0 Å². The highest BCUT2D eigenvalue weighted by Gasteiger charge is 2.49. The molecule has 0 saturated heterocycles. The van der Waals surface area contributed by atoms with Gasteiger partial charge in [0, 0.05) is 6.54 Å². The molecule has 2 aromatic carbocycles. The summed E-state index contributed by atoms with van der Waals surface area (Å²) in [4.78, 5) is 31.8. The van der Waals surface area contributed by atoms with Gasteiger partial charge in [0.2, 0.25) is 0 Å². The van der Waals surface area contributed by atoms with Crippen molar-refractivity contribution in [3.8, 4) is 0 Å². The number of aliphatic imine (C=N–C) groups is 1. The Morgan fingerprint density at radius 1 is 1.00 bits per heavy atom. The van der Waals surface area contributed by atoms with Crippen LogP contribution in [-0.2, 0) is 17.8 Å². The highest BCUT2D eigenvalue weighted by molar-refractivity contribution is 6.40. The molecule has 1 heterocycles. The van der Waals surface area contributed by atoms with Gasteiger partial charge in [0.25, 0.3) is 5.91 Å². The van der Waals surface area contributed by atoms with E-state index in [4.69, 9.17) is 4.99 Å². The zero-order chi connectivity index (χ0) is 23.6. The molecular formula is C28H34N2O3. The van der Waals surface area contributed by atoms with Crippen molar-refractivity contribution < 1.29 is 14.7 Å². The Hall–Kier alpha value is -2.95. The van der Waals surface area contributed by atoms with E-state index in [2.05, 4.69) is 32.9 Å². The Morgan fingerprint density at radius 3 is 2.21 bits per heavy atom. The Morgan fingerprint density at radius 2 is 1.64 bits per heavy atom. The van der Waals surface area contributed by atoms with E-state index in [1.807, 2.05) is 35.2 Å². The number of amides is 1. The van der Waals surface area contributed by atoms with E-state index in [1.165, 1.54) is 5.56 Å². The second kappa shape index (κ2) is 9.12. The maximum atomic E-state index is 13.6. The molecule has 2 aromatic rings. The summed E-state index contributed by atoms with van der Waals surface area (Å²) >= 11 is 0. The van der Waals surface area contributed by atoms with E-state index in [-0.39, 0.29) is 16.9 Å². The normalized spacial score (nSPS) is 23.1. The third-order valence-electron chi connectivity index (χ3n) is 7.38. The molecule has 0 bridgehead atoms. The number of carbonyl (C=O) groups excluding carboxylic acids is 1. The molecule has 1 amide bonds. The average Bonchev–Trinajstić information content (AvgIpc) is 3.04. The van der Waals surface area contributed by atoms with Crippen molar-refractivity contribution in [2.75, 3.05) is 0 Å². The van der Waals surface area contributed by atoms with Gasteiger partial charge in [-0.05, 0) is 73.1 Å². The smallest absolute Gasteiger partial charge is 0.335 e. The van der Waals surface area contributed by atoms with Crippen LogP contribution in [-0.4, -0.2) is 33.3 Å². The Kier molecular flexibility index (Phi) is 6.42. The Balaban J connectivity index is 1.56. The molecule has 1 N–H and O–H groups in total. The van der Waals surface area contributed by atoms with Crippen LogP contribution in [0.3, 0.4) is 0 Å². The third kappa shape index (κ3) is 5.02. The maximum absolute atomic E-state index is 13.6. The van der Waals surface area contributed by atoms with Crippen LogP contribution in [0.15, 0.2) is 59.6 Å². The van der Waals surface area contributed by atoms with Gasteiger partial charge in [-0.3, -0.25) is 9.79 Å². The molecule has 1 spiro atoms. The quantitative estimate of drug-likeness (QED) is 0.616. The second-order valence-corrected chi connectivity index (χ2v) is 10.6. The predicted molar refractivity (Wildman–Crippen MR) is 130 cm³/mol. The minimum absolute atomic E-state index is 0.0300. The van der Waals surface area contributed by atoms with E-state index in [1.54, 1.807) is 12.1 Å². The number of carbonyl (C=O) groups is 2. The molecule has 5 heteroatoms. The minimum Gasteiger partial charge on any atom is -0.478 e. The molecule has 0 unspecified atom stereocenters. The summed E-state index contributed by atoms with van der Waals surface area (Å²) in [7, 11) is 0. The van der Waals surface area contributed by atoms with Crippen molar-refractivity contribution in [3.05, 3.63) is 71.3 Å². The molecular weight excluding hydrogens is 412 g/mol. The molecule has 33 heavy (non-hydrogen) atoms. The summed E-state index contributed by atoms with van der Waals surface area (Å²) in [6.07, 6.45) is 5.31. The van der Waals surface area contributed by atoms with Crippen LogP contribution in [0.25, 0.3) is 0 Å². The van der Waals surface area contributed by atoms with Crippen LogP contribution in [0.2, 0.25) is 0 Å². The molecule has 4 rings (SSSR count). The monoisotopic (exact) mass is 446 g/mol. The maximum Gasteiger partial charge on any atom is 0.335 e.